The van der Waals surface area contributed by atoms with Crippen molar-refractivity contribution in [3.05, 3.63) is 194 Å². The first-order valence-electron chi connectivity index (χ1n) is 19.1. The van der Waals surface area contributed by atoms with E-state index in [-0.39, 0.29) is 5.41 Å². The Kier molecular flexibility index (Phi) is 6.93. The highest BCUT2D eigenvalue weighted by Gasteiger charge is 2.35. The zero-order valence-corrected chi connectivity index (χ0v) is 30.7. The molecule has 0 saturated heterocycles. The Morgan fingerprint density at radius 3 is 1.29 bits per heavy atom. The molecule has 1 aliphatic carbocycles. The molecule has 0 unspecified atom stereocenters. The van der Waals surface area contributed by atoms with Crippen LogP contribution in [0.4, 0.5) is 0 Å². The van der Waals surface area contributed by atoms with Crippen LogP contribution in [0, 0.1) is 0 Å². The lowest BCUT2D eigenvalue weighted by molar-refractivity contribution is 0.660. The Bertz CT molecular complexity index is 3040. The fourth-order valence-corrected chi connectivity index (χ4v) is 9.55. The van der Waals surface area contributed by atoms with Gasteiger partial charge in [-0.25, -0.2) is 0 Å². The fraction of sp³-hybridized carbons (Fsp3) is 0.0566. The van der Waals surface area contributed by atoms with E-state index in [4.69, 9.17) is 4.98 Å². The topological polar surface area (TPSA) is 25.8 Å². The number of rotatable bonds is 4. The van der Waals surface area contributed by atoms with Gasteiger partial charge in [0.1, 0.15) is 0 Å². The van der Waals surface area contributed by atoms with Crippen LogP contribution in [-0.4, -0.2) is 9.97 Å². The van der Waals surface area contributed by atoms with Crippen LogP contribution >= 0.6 is 0 Å². The third-order valence-corrected chi connectivity index (χ3v) is 12.0. The molecular weight excluding hydrogens is 665 g/mol. The Morgan fingerprint density at radius 1 is 0.327 bits per heavy atom. The highest BCUT2D eigenvalue weighted by atomic mass is 14.6. The molecule has 0 spiro atoms. The van der Waals surface area contributed by atoms with E-state index in [2.05, 4.69) is 183 Å². The molecule has 0 N–H and O–H groups in total. The second-order valence-corrected chi connectivity index (χ2v) is 15.3. The highest BCUT2D eigenvalue weighted by molar-refractivity contribution is 6.23. The van der Waals surface area contributed by atoms with Crippen molar-refractivity contribution in [3.8, 4) is 55.6 Å². The standard InChI is InChI=1S/C53H36N2/c1-53(2)47-19-11-10-14-37(47)38-25-24-36(30-48(38)53)52-42-18-9-8-17-41(42)51(46-32-55-29-27-44(46)52)35-22-20-34(21-23-35)50-40-16-7-6-15-39(40)49(33-12-4-3-5-13-33)43-26-28-54-31-45(43)50/h3-32H,1-2H3. The normalized spacial score (nSPS) is 13.1. The predicted molar refractivity (Wildman–Crippen MR) is 231 cm³/mol. The van der Waals surface area contributed by atoms with Gasteiger partial charge in [0.25, 0.3) is 0 Å². The molecule has 55 heavy (non-hydrogen) atoms. The second-order valence-electron chi connectivity index (χ2n) is 15.3. The predicted octanol–water partition coefficient (Wildman–Crippen LogP) is 14.1. The van der Waals surface area contributed by atoms with E-state index in [0.717, 1.165) is 10.8 Å². The fourth-order valence-electron chi connectivity index (χ4n) is 9.55. The molecule has 2 aromatic heterocycles. The molecule has 0 bridgehead atoms. The second kappa shape index (κ2) is 12.1. The summed E-state index contributed by atoms with van der Waals surface area (Å²) in [7, 11) is 0. The van der Waals surface area contributed by atoms with Crippen molar-refractivity contribution in [2.75, 3.05) is 0 Å². The Balaban J connectivity index is 1.10. The molecule has 0 aliphatic heterocycles. The summed E-state index contributed by atoms with van der Waals surface area (Å²) in [5.41, 5.74) is 15.1. The Hall–Kier alpha value is -6.90. The molecule has 1 aliphatic rings. The number of hydrogen-bond donors (Lipinski definition) is 0. The Morgan fingerprint density at radius 2 is 0.727 bits per heavy atom. The zero-order chi connectivity index (χ0) is 36.7. The van der Waals surface area contributed by atoms with E-state index in [1.807, 2.05) is 18.6 Å². The van der Waals surface area contributed by atoms with E-state index < -0.39 is 0 Å². The summed E-state index contributed by atoms with van der Waals surface area (Å²) in [6.07, 6.45) is 7.93. The van der Waals surface area contributed by atoms with Gasteiger partial charge < -0.3 is 0 Å². The molecule has 0 radical (unpaired) electrons. The third kappa shape index (κ3) is 4.68. The zero-order valence-electron chi connectivity index (χ0n) is 30.7. The summed E-state index contributed by atoms with van der Waals surface area (Å²) < 4.78 is 0. The number of aromatic nitrogens is 2. The molecule has 0 saturated carbocycles. The minimum atomic E-state index is -0.0780. The number of benzene rings is 8. The maximum Gasteiger partial charge on any atom is 0.0353 e. The van der Waals surface area contributed by atoms with E-state index in [1.165, 1.54) is 99.1 Å². The van der Waals surface area contributed by atoms with Gasteiger partial charge in [0.2, 0.25) is 0 Å². The van der Waals surface area contributed by atoms with Crippen LogP contribution < -0.4 is 0 Å². The highest BCUT2D eigenvalue weighted by Crippen LogP contribution is 2.51. The summed E-state index contributed by atoms with van der Waals surface area (Å²) in [6, 6.07) is 57.9. The van der Waals surface area contributed by atoms with Crippen LogP contribution in [0.1, 0.15) is 25.0 Å². The minimum absolute atomic E-state index is 0.0780. The Labute approximate surface area is 320 Å². The van der Waals surface area contributed by atoms with Gasteiger partial charge in [-0.1, -0.05) is 153 Å². The van der Waals surface area contributed by atoms with Crippen LogP contribution in [0.3, 0.4) is 0 Å². The van der Waals surface area contributed by atoms with Crippen molar-refractivity contribution in [3.63, 3.8) is 0 Å². The first-order chi connectivity index (χ1) is 27.1. The number of pyridine rings is 2. The molecular formula is C53H36N2. The molecule has 0 amide bonds. The summed E-state index contributed by atoms with van der Waals surface area (Å²) in [5, 5.41) is 9.65. The minimum Gasteiger partial charge on any atom is -0.264 e. The van der Waals surface area contributed by atoms with Gasteiger partial charge in [-0.2, -0.15) is 0 Å². The van der Waals surface area contributed by atoms with Gasteiger partial charge in [-0.3, -0.25) is 9.97 Å². The molecule has 10 aromatic rings. The van der Waals surface area contributed by atoms with E-state index in [0.29, 0.717) is 0 Å². The van der Waals surface area contributed by atoms with E-state index >= 15 is 0 Å². The van der Waals surface area contributed by atoms with Crippen molar-refractivity contribution >= 4 is 43.1 Å². The average Bonchev–Trinajstić information content (AvgIpc) is 3.47. The lowest BCUT2D eigenvalue weighted by Gasteiger charge is -2.23. The molecule has 258 valence electrons. The van der Waals surface area contributed by atoms with Crippen molar-refractivity contribution in [2.45, 2.75) is 19.3 Å². The summed E-state index contributed by atoms with van der Waals surface area (Å²) in [6.45, 7) is 4.71. The smallest absolute Gasteiger partial charge is 0.0353 e. The summed E-state index contributed by atoms with van der Waals surface area (Å²) in [5.74, 6) is 0. The number of nitrogens with zero attached hydrogens (tertiary/aromatic N) is 2. The van der Waals surface area contributed by atoms with Crippen LogP contribution in [0.2, 0.25) is 0 Å². The number of hydrogen-bond acceptors (Lipinski definition) is 2. The van der Waals surface area contributed by atoms with Crippen molar-refractivity contribution < 1.29 is 0 Å². The van der Waals surface area contributed by atoms with Gasteiger partial charge in [0.05, 0.1) is 0 Å². The lowest BCUT2D eigenvalue weighted by Crippen LogP contribution is -2.14. The largest absolute Gasteiger partial charge is 0.264 e. The summed E-state index contributed by atoms with van der Waals surface area (Å²) in [4.78, 5) is 9.35. The van der Waals surface area contributed by atoms with Crippen LogP contribution in [-0.2, 0) is 5.41 Å². The third-order valence-electron chi connectivity index (χ3n) is 12.0. The molecule has 0 atom stereocenters. The van der Waals surface area contributed by atoms with Gasteiger partial charge in [0, 0.05) is 41.0 Å². The molecule has 2 heteroatoms. The van der Waals surface area contributed by atoms with Crippen molar-refractivity contribution in [1.29, 1.82) is 0 Å². The SMILES string of the molecule is CC1(C)c2ccccc2-c2ccc(-c3c4ccccc4c(-c4ccc(-c5c6ccccc6c(-c6ccccc6)c6ccncc56)cc4)c4cnccc34)cc21. The van der Waals surface area contributed by atoms with Crippen LogP contribution in [0.5, 0.6) is 0 Å². The van der Waals surface area contributed by atoms with Crippen molar-refractivity contribution in [1.82, 2.24) is 9.97 Å². The molecule has 11 rings (SSSR count). The molecule has 2 heterocycles. The maximum atomic E-state index is 4.71. The van der Waals surface area contributed by atoms with Crippen LogP contribution in [0.25, 0.3) is 98.7 Å². The van der Waals surface area contributed by atoms with Crippen molar-refractivity contribution in [2.24, 2.45) is 0 Å². The van der Waals surface area contributed by atoms with E-state index in [9.17, 15) is 0 Å². The summed E-state index contributed by atoms with van der Waals surface area (Å²) >= 11 is 0. The van der Waals surface area contributed by atoms with Gasteiger partial charge in [-0.05, 0) is 117 Å². The van der Waals surface area contributed by atoms with Gasteiger partial charge in [-0.15, -0.1) is 0 Å². The molecule has 0 fully saturated rings. The quantitative estimate of drug-likeness (QED) is 0.171. The molecule has 2 nitrogen and oxygen atoms in total. The average molecular weight is 701 g/mol. The monoisotopic (exact) mass is 700 g/mol. The first kappa shape index (κ1) is 31.6. The first-order valence-corrected chi connectivity index (χ1v) is 19.1. The maximum absolute atomic E-state index is 4.71. The van der Waals surface area contributed by atoms with Gasteiger partial charge in [0.15, 0.2) is 0 Å². The van der Waals surface area contributed by atoms with E-state index in [1.54, 1.807) is 0 Å². The van der Waals surface area contributed by atoms with Crippen LogP contribution in [0.15, 0.2) is 183 Å². The van der Waals surface area contributed by atoms with Gasteiger partial charge >= 0.3 is 0 Å². The molecule has 8 aromatic carbocycles. The number of fused-ring (bicyclic) bond motifs is 7. The lowest BCUT2D eigenvalue weighted by atomic mass is 9.80.